The second-order valence-corrected chi connectivity index (χ2v) is 7.70. The molecule has 7 heteroatoms. The first-order valence-electron chi connectivity index (χ1n) is 9.44. The van der Waals surface area contributed by atoms with Crippen LogP contribution in [0.4, 0.5) is 0 Å². The van der Waals surface area contributed by atoms with Gasteiger partial charge in [0.2, 0.25) is 5.91 Å². The first kappa shape index (κ1) is 21.9. The van der Waals surface area contributed by atoms with Gasteiger partial charge in [0.15, 0.2) is 0 Å². The number of carbonyl (C=O) groups is 1. The first-order valence-corrected chi connectivity index (χ1v) is 9.44. The van der Waals surface area contributed by atoms with Crippen LogP contribution in [0.1, 0.15) is 33.6 Å². The lowest BCUT2D eigenvalue weighted by Gasteiger charge is -2.38. The van der Waals surface area contributed by atoms with Crippen LogP contribution >= 0.6 is 0 Å². The van der Waals surface area contributed by atoms with Crippen molar-refractivity contribution < 1.29 is 29.6 Å². The number of aliphatic hydroxyl groups is 3. The third-order valence-corrected chi connectivity index (χ3v) is 5.44. The molecule has 0 aromatic rings. The normalized spacial score (nSPS) is 35.8. The van der Waals surface area contributed by atoms with Gasteiger partial charge in [0.05, 0.1) is 43.7 Å². The van der Waals surface area contributed by atoms with E-state index in [9.17, 15) is 20.1 Å². The number of nitrogens with one attached hydrogen (secondary N) is 1. The third kappa shape index (κ3) is 6.03. The molecule has 0 radical (unpaired) electrons. The zero-order valence-corrected chi connectivity index (χ0v) is 16.2. The summed E-state index contributed by atoms with van der Waals surface area (Å²) in [7, 11) is 0. The van der Waals surface area contributed by atoms with Gasteiger partial charge in [0.1, 0.15) is 6.10 Å². The van der Waals surface area contributed by atoms with E-state index >= 15 is 0 Å². The second-order valence-electron chi connectivity index (χ2n) is 7.70. The highest BCUT2D eigenvalue weighted by molar-refractivity contribution is 5.88. The number of amides is 1. The molecule has 2 aliphatic heterocycles. The van der Waals surface area contributed by atoms with Crippen molar-refractivity contribution in [3.63, 3.8) is 0 Å². The predicted molar refractivity (Wildman–Crippen MR) is 99.6 cm³/mol. The Morgan fingerprint density at radius 1 is 1.33 bits per heavy atom. The van der Waals surface area contributed by atoms with Crippen LogP contribution in [0.25, 0.3) is 0 Å². The minimum Gasteiger partial charge on any atom is -0.393 e. The van der Waals surface area contributed by atoms with E-state index in [2.05, 4.69) is 11.2 Å². The molecule has 2 rings (SSSR count). The zero-order chi connectivity index (χ0) is 20.1. The van der Waals surface area contributed by atoms with Crippen LogP contribution < -0.4 is 5.32 Å². The van der Waals surface area contributed by atoms with Gasteiger partial charge in [-0.15, -0.1) is 6.42 Å². The number of hydrogen-bond acceptors (Lipinski definition) is 6. The molecular weight excluding hydrogens is 350 g/mol. The van der Waals surface area contributed by atoms with Crippen LogP contribution in [-0.4, -0.2) is 71.0 Å². The molecule has 7 nitrogen and oxygen atoms in total. The molecule has 27 heavy (non-hydrogen) atoms. The minimum atomic E-state index is -1.03. The minimum absolute atomic E-state index is 0.0150. The molecule has 2 saturated heterocycles. The lowest BCUT2D eigenvalue weighted by molar-refractivity contribution is -0.165. The molecule has 8 atom stereocenters. The Labute approximate surface area is 160 Å². The maximum Gasteiger partial charge on any atom is 0.244 e. The lowest BCUT2D eigenvalue weighted by atomic mass is 9.85. The van der Waals surface area contributed by atoms with Gasteiger partial charge in [-0.05, 0) is 26.7 Å². The Hall–Kier alpha value is -1.43. The van der Waals surface area contributed by atoms with Crippen molar-refractivity contribution >= 4 is 5.91 Å². The summed E-state index contributed by atoms with van der Waals surface area (Å²) in [5.41, 5.74) is 0.732. The number of hydrogen-bond donors (Lipinski definition) is 4. The smallest absolute Gasteiger partial charge is 0.244 e. The Morgan fingerprint density at radius 2 is 2.04 bits per heavy atom. The molecule has 1 amide bonds. The van der Waals surface area contributed by atoms with E-state index in [4.69, 9.17) is 15.9 Å². The lowest BCUT2D eigenvalue weighted by Crippen LogP contribution is -2.50. The maximum absolute atomic E-state index is 11.6. The van der Waals surface area contributed by atoms with E-state index < -0.39 is 24.4 Å². The molecule has 0 aromatic carbocycles. The van der Waals surface area contributed by atoms with Crippen LogP contribution in [-0.2, 0) is 14.3 Å². The molecule has 0 aromatic heterocycles. The summed E-state index contributed by atoms with van der Waals surface area (Å²) < 4.78 is 11.4. The molecule has 2 aliphatic rings. The fraction of sp³-hybridized carbons (Fsp3) is 0.750. The molecule has 0 spiro atoms. The van der Waals surface area contributed by atoms with Crippen LogP contribution in [0.3, 0.4) is 0 Å². The summed E-state index contributed by atoms with van der Waals surface area (Å²) in [5, 5.41) is 33.1. The molecule has 0 saturated carbocycles. The Morgan fingerprint density at radius 3 is 2.67 bits per heavy atom. The number of aliphatic hydroxyl groups excluding tert-OH is 3. The second kappa shape index (κ2) is 9.67. The van der Waals surface area contributed by atoms with Gasteiger partial charge in [-0.2, -0.15) is 0 Å². The summed E-state index contributed by atoms with van der Waals surface area (Å²) in [4.78, 5) is 11.6. The van der Waals surface area contributed by atoms with E-state index in [1.54, 1.807) is 13.8 Å². The van der Waals surface area contributed by atoms with Crippen molar-refractivity contribution in [1.82, 2.24) is 5.32 Å². The van der Waals surface area contributed by atoms with Crippen LogP contribution in [0.2, 0.25) is 0 Å². The maximum atomic E-state index is 11.6. The average molecular weight is 381 g/mol. The molecule has 4 N–H and O–H groups in total. The van der Waals surface area contributed by atoms with Gasteiger partial charge < -0.3 is 30.1 Å². The highest BCUT2D eigenvalue weighted by Crippen LogP contribution is 2.38. The molecule has 2 fully saturated rings. The predicted octanol–water partition coefficient (Wildman–Crippen LogP) is -0.0166. The fourth-order valence-electron chi connectivity index (χ4n) is 3.50. The van der Waals surface area contributed by atoms with E-state index in [-0.39, 0.29) is 36.5 Å². The Bertz CT molecular complexity index is 584. The zero-order valence-electron chi connectivity index (χ0n) is 16.2. The molecular formula is C20H31NO6. The van der Waals surface area contributed by atoms with Gasteiger partial charge in [-0.3, -0.25) is 4.79 Å². The molecule has 0 aliphatic carbocycles. The van der Waals surface area contributed by atoms with Crippen molar-refractivity contribution in [3.05, 3.63) is 11.6 Å². The summed E-state index contributed by atoms with van der Waals surface area (Å²) in [6, 6.07) is 0. The SMILES string of the molecule is C#CCNC(=O)/C=C(\C)C[C@@H]1OC[C@H](C[C@@H]2O[C@H]2[C@@H](C)[C@H](C)O)[C@@H](O)[C@H]1O. The Balaban J connectivity index is 1.82. The number of carbonyl (C=O) groups excluding carboxylic acids is 1. The largest absolute Gasteiger partial charge is 0.393 e. The van der Waals surface area contributed by atoms with Gasteiger partial charge in [0, 0.05) is 17.9 Å². The molecule has 0 unspecified atom stereocenters. The van der Waals surface area contributed by atoms with Gasteiger partial charge in [-0.25, -0.2) is 0 Å². The number of epoxide rings is 1. The van der Waals surface area contributed by atoms with Crippen molar-refractivity contribution in [3.8, 4) is 12.3 Å². The van der Waals surface area contributed by atoms with E-state index in [1.807, 2.05) is 6.92 Å². The summed E-state index contributed by atoms with van der Waals surface area (Å²) in [6.07, 6.45) is 4.43. The van der Waals surface area contributed by atoms with Crippen LogP contribution in [0.15, 0.2) is 11.6 Å². The number of ether oxygens (including phenoxy) is 2. The molecule has 2 heterocycles. The van der Waals surface area contributed by atoms with E-state index in [1.165, 1.54) is 6.08 Å². The summed E-state index contributed by atoms with van der Waals surface area (Å²) >= 11 is 0. The molecule has 0 bridgehead atoms. The Kier molecular flexibility index (Phi) is 7.83. The highest BCUT2D eigenvalue weighted by atomic mass is 16.6. The van der Waals surface area contributed by atoms with E-state index in [0.29, 0.717) is 19.4 Å². The van der Waals surface area contributed by atoms with Crippen LogP contribution in [0.5, 0.6) is 0 Å². The number of rotatable bonds is 8. The third-order valence-electron chi connectivity index (χ3n) is 5.44. The topological polar surface area (TPSA) is 112 Å². The monoisotopic (exact) mass is 381 g/mol. The number of terminal acetylenes is 1. The van der Waals surface area contributed by atoms with Crippen molar-refractivity contribution in [2.24, 2.45) is 11.8 Å². The van der Waals surface area contributed by atoms with Gasteiger partial charge >= 0.3 is 0 Å². The van der Waals surface area contributed by atoms with Crippen molar-refractivity contribution in [2.45, 2.75) is 70.2 Å². The van der Waals surface area contributed by atoms with Gasteiger partial charge in [-0.1, -0.05) is 18.4 Å². The van der Waals surface area contributed by atoms with Gasteiger partial charge in [0.25, 0.3) is 0 Å². The summed E-state index contributed by atoms with van der Waals surface area (Å²) in [5.74, 6) is 1.84. The van der Waals surface area contributed by atoms with Crippen LogP contribution in [0, 0.1) is 24.2 Å². The fourth-order valence-corrected chi connectivity index (χ4v) is 3.50. The first-order chi connectivity index (χ1) is 12.7. The molecule has 152 valence electrons. The van der Waals surface area contributed by atoms with E-state index in [0.717, 1.165) is 5.57 Å². The average Bonchev–Trinajstić information content (AvgIpc) is 3.37. The standard InChI is InChI=1S/C20H31NO6/c1-5-6-21-17(23)8-11(2)7-15-19(25)18(24)14(10-26-15)9-16-20(27-16)12(3)13(4)22/h1,8,12-16,18-20,22,24-25H,6-7,9-10H2,2-4H3,(H,21,23)/b11-8+/t12-,13-,14-,15-,16-,18+,19-,20-/m0/s1. The van der Waals surface area contributed by atoms with Crippen molar-refractivity contribution in [1.29, 1.82) is 0 Å². The highest BCUT2D eigenvalue weighted by Gasteiger charge is 2.48. The quantitative estimate of drug-likeness (QED) is 0.267. The van der Waals surface area contributed by atoms with Crippen molar-refractivity contribution in [2.75, 3.05) is 13.2 Å². The summed E-state index contributed by atoms with van der Waals surface area (Å²) in [6.45, 7) is 5.91.